The van der Waals surface area contributed by atoms with Crippen LogP contribution < -0.4 is 15.8 Å². The number of carbonyl (C=O) groups is 1. The van der Waals surface area contributed by atoms with Crippen LogP contribution in [0.1, 0.15) is 24.8 Å². The number of carbonyl (C=O) groups excluding carboxylic acids is 1. The van der Waals surface area contributed by atoms with Crippen LogP contribution >= 0.6 is 0 Å². The molecule has 1 saturated heterocycles. The maximum Gasteiger partial charge on any atom is 0.264 e. The quantitative estimate of drug-likeness (QED) is 0.699. The summed E-state index contributed by atoms with van der Waals surface area (Å²) in [5, 5.41) is 7.49. The van der Waals surface area contributed by atoms with Crippen molar-refractivity contribution in [2.75, 3.05) is 18.0 Å². The van der Waals surface area contributed by atoms with Crippen LogP contribution in [0.4, 0.5) is 5.69 Å². The molecular weight excluding hydrogens is 356 g/mol. The SMILES string of the molecule is Cn1ncc2c(=O)n(CCC(=O)NCc3ccccc3N3CCCC3)cnc21. The van der Waals surface area contributed by atoms with E-state index in [-0.39, 0.29) is 24.4 Å². The molecule has 146 valence electrons. The predicted molar refractivity (Wildman–Crippen MR) is 107 cm³/mol. The predicted octanol–water partition coefficient (Wildman–Crippen LogP) is 1.44. The van der Waals surface area contributed by atoms with E-state index in [0.717, 1.165) is 18.7 Å². The Morgan fingerprint density at radius 2 is 2.00 bits per heavy atom. The topological polar surface area (TPSA) is 85.0 Å². The van der Waals surface area contributed by atoms with Gasteiger partial charge in [0.05, 0.1) is 12.5 Å². The summed E-state index contributed by atoms with van der Waals surface area (Å²) < 4.78 is 3.02. The van der Waals surface area contributed by atoms with Gasteiger partial charge >= 0.3 is 0 Å². The molecule has 0 spiro atoms. The molecule has 8 nitrogen and oxygen atoms in total. The minimum Gasteiger partial charge on any atom is -0.371 e. The zero-order valence-corrected chi connectivity index (χ0v) is 16.0. The van der Waals surface area contributed by atoms with Gasteiger partial charge in [-0.3, -0.25) is 18.8 Å². The summed E-state index contributed by atoms with van der Waals surface area (Å²) in [7, 11) is 1.74. The molecule has 0 unspecified atom stereocenters. The van der Waals surface area contributed by atoms with Gasteiger partial charge in [0.15, 0.2) is 5.65 Å². The summed E-state index contributed by atoms with van der Waals surface area (Å²) in [5.41, 5.74) is 2.69. The standard InChI is InChI=1S/C20H24N6O2/c1-24-19-16(13-23-24)20(28)26(14-22-19)11-8-18(27)21-12-15-6-2-3-7-17(15)25-9-4-5-10-25/h2-3,6-7,13-14H,4-5,8-12H2,1H3,(H,21,27). The second kappa shape index (κ2) is 7.84. The van der Waals surface area contributed by atoms with Crippen LogP contribution in [0.3, 0.4) is 0 Å². The highest BCUT2D eigenvalue weighted by atomic mass is 16.1. The molecule has 0 radical (unpaired) electrons. The maximum absolute atomic E-state index is 12.5. The number of anilines is 1. The number of aromatic nitrogens is 4. The van der Waals surface area contributed by atoms with Crippen LogP contribution in [0.2, 0.25) is 0 Å². The number of amides is 1. The smallest absolute Gasteiger partial charge is 0.264 e. The molecule has 28 heavy (non-hydrogen) atoms. The van der Waals surface area contributed by atoms with E-state index in [4.69, 9.17) is 0 Å². The molecule has 0 saturated carbocycles. The average molecular weight is 380 g/mol. The van der Waals surface area contributed by atoms with Crippen molar-refractivity contribution >= 4 is 22.6 Å². The summed E-state index contributed by atoms with van der Waals surface area (Å²) >= 11 is 0. The first-order valence-electron chi connectivity index (χ1n) is 9.60. The molecule has 1 aromatic carbocycles. The number of fused-ring (bicyclic) bond motifs is 1. The first kappa shape index (κ1) is 18.2. The summed E-state index contributed by atoms with van der Waals surface area (Å²) in [6, 6.07) is 8.20. The fraction of sp³-hybridized carbons (Fsp3) is 0.400. The molecular formula is C20H24N6O2. The molecule has 2 aromatic heterocycles. The highest BCUT2D eigenvalue weighted by Gasteiger charge is 2.15. The lowest BCUT2D eigenvalue weighted by atomic mass is 10.1. The fourth-order valence-electron chi connectivity index (χ4n) is 3.66. The van der Waals surface area contributed by atoms with Crippen molar-refractivity contribution in [2.45, 2.75) is 32.4 Å². The van der Waals surface area contributed by atoms with Gasteiger partial charge in [-0.25, -0.2) is 4.98 Å². The minimum atomic E-state index is -0.176. The van der Waals surface area contributed by atoms with Crippen molar-refractivity contribution in [1.82, 2.24) is 24.6 Å². The van der Waals surface area contributed by atoms with Crippen molar-refractivity contribution in [2.24, 2.45) is 7.05 Å². The summed E-state index contributed by atoms with van der Waals surface area (Å²) in [6.07, 6.45) is 5.63. The van der Waals surface area contributed by atoms with E-state index in [9.17, 15) is 9.59 Å². The first-order valence-corrected chi connectivity index (χ1v) is 9.60. The molecule has 1 fully saturated rings. The fourth-order valence-corrected chi connectivity index (χ4v) is 3.66. The number of benzene rings is 1. The number of nitrogens with one attached hydrogen (secondary N) is 1. The Hall–Kier alpha value is -3.16. The summed E-state index contributed by atoms with van der Waals surface area (Å²) in [6.45, 7) is 2.91. The van der Waals surface area contributed by atoms with Crippen LogP contribution in [0.15, 0.2) is 41.6 Å². The molecule has 4 rings (SSSR count). The lowest BCUT2D eigenvalue weighted by Gasteiger charge is -2.21. The summed E-state index contributed by atoms with van der Waals surface area (Å²) in [4.78, 5) is 31.4. The van der Waals surface area contributed by atoms with Crippen molar-refractivity contribution in [3.8, 4) is 0 Å². The van der Waals surface area contributed by atoms with Crippen LogP contribution in [-0.4, -0.2) is 38.3 Å². The van der Waals surface area contributed by atoms with Gasteiger partial charge in [-0.1, -0.05) is 18.2 Å². The molecule has 1 amide bonds. The molecule has 1 N–H and O–H groups in total. The van der Waals surface area contributed by atoms with Crippen molar-refractivity contribution < 1.29 is 4.79 Å². The Morgan fingerprint density at radius 3 is 2.82 bits per heavy atom. The molecule has 3 aromatic rings. The molecule has 1 aliphatic rings. The second-order valence-electron chi connectivity index (χ2n) is 7.10. The number of para-hydroxylation sites is 1. The molecule has 8 heteroatoms. The molecule has 1 aliphatic heterocycles. The van der Waals surface area contributed by atoms with Gasteiger partial charge in [0.2, 0.25) is 5.91 Å². The Labute approximate surface area is 162 Å². The number of aryl methyl sites for hydroxylation is 2. The Balaban J connectivity index is 1.37. The van der Waals surface area contributed by atoms with Gasteiger partial charge in [0.25, 0.3) is 5.56 Å². The normalized spacial score (nSPS) is 14.0. The van der Waals surface area contributed by atoms with Gasteiger partial charge in [-0.05, 0) is 24.5 Å². The van der Waals surface area contributed by atoms with E-state index in [1.165, 1.54) is 35.6 Å². The lowest BCUT2D eigenvalue weighted by molar-refractivity contribution is -0.121. The number of rotatable bonds is 6. The van der Waals surface area contributed by atoms with Crippen molar-refractivity contribution in [3.63, 3.8) is 0 Å². The highest BCUT2D eigenvalue weighted by molar-refractivity contribution is 5.76. The monoisotopic (exact) mass is 380 g/mol. The third-order valence-corrected chi connectivity index (χ3v) is 5.21. The van der Waals surface area contributed by atoms with E-state index < -0.39 is 0 Å². The van der Waals surface area contributed by atoms with Crippen LogP contribution in [0, 0.1) is 0 Å². The largest absolute Gasteiger partial charge is 0.371 e. The first-order chi connectivity index (χ1) is 13.6. The zero-order valence-electron chi connectivity index (χ0n) is 16.0. The van der Waals surface area contributed by atoms with Gasteiger partial charge in [0.1, 0.15) is 5.39 Å². The zero-order chi connectivity index (χ0) is 19.5. The highest BCUT2D eigenvalue weighted by Crippen LogP contribution is 2.24. The third-order valence-electron chi connectivity index (χ3n) is 5.21. The van der Waals surface area contributed by atoms with E-state index >= 15 is 0 Å². The minimum absolute atomic E-state index is 0.0885. The third kappa shape index (κ3) is 3.62. The molecule has 0 bridgehead atoms. The van der Waals surface area contributed by atoms with Gasteiger partial charge in [-0.2, -0.15) is 5.10 Å². The van der Waals surface area contributed by atoms with Crippen LogP contribution in [0.25, 0.3) is 11.0 Å². The van der Waals surface area contributed by atoms with E-state index in [0.29, 0.717) is 17.6 Å². The second-order valence-corrected chi connectivity index (χ2v) is 7.10. The Bertz CT molecular complexity index is 1050. The van der Waals surface area contributed by atoms with Crippen molar-refractivity contribution in [3.05, 3.63) is 52.7 Å². The Morgan fingerprint density at radius 1 is 1.21 bits per heavy atom. The molecule has 3 heterocycles. The van der Waals surface area contributed by atoms with Gasteiger partial charge < -0.3 is 10.2 Å². The van der Waals surface area contributed by atoms with E-state index in [1.807, 2.05) is 12.1 Å². The number of nitrogens with zero attached hydrogens (tertiary/aromatic N) is 5. The Kier molecular flexibility index (Phi) is 5.10. The molecule has 0 atom stereocenters. The maximum atomic E-state index is 12.5. The summed E-state index contributed by atoms with van der Waals surface area (Å²) in [5.74, 6) is -0.0885. The van der Waals surface area contributed by atoms with Crippen LogP contribution in [-0.2, 0) is 24.9 Å². The van der Waals surface area contributed by atoms with Gasteiger partial charge in [-0.15, -0.1) is 0 Å². The van der Waals surface area contributed by atoms with E-state index in [2.05, 4.69) is 32.4 Å². The molecule has 0 aliphatic carbocycles. The van der Waals surface area contributed by atoms with E-state index in [1.54, 1.807) is 11.7 Å². The number of hydrogen-bond acceptors (Lipinski definition) is 5. The lowest BCUT2D eigenvalue weighted by Crippen LogP contribution is -2.28. The average Bonchev–Trinajstić information content (AvgIpc) is 3.37. The van der Waals surface area contributed by atoms with Crippen LogP contribution in [0.5, 0.6) is 0 Å². The number of hydrogen-bond donors (Lipinski definition) is 1. The van der Waals surface area contributed by atoms with Gasteiger partial charge in [0, 0.05) is 45.3 Å². The van der Waals surface area contributed by atoms with Crippen molar-refractivity contribution in [1.29, 1.82) is 0 Å².